The van der Waals surface area contributed by atoms with Crippen molar-refractivity contribution in [1.29, 1.82) is 0 Å². The van der Waals surface area contributed by atoms with Crippen molar-refractivity contribution >= 4 is 23.1 Å². The van der Waals surface area contributed by atoms with Crippen LogP contribution in [0.5, 0.6) is 0 Å². The lowest BCUT2D eigenvalue weighted by Gasteiger charge is -2.32. The number of aliphatic hydroxyl groups is 1. The number of hydrogen-bond donors (Lipinski definition) is 2. The second-order valence-corrected chi connectivity index (χ2v) is 8.72. The summed E-state index contributed by atoms with van der Waals surface area (Å²) in [5.74, 6) is 0.0655. The van der Waals surface area contributed by atoms with E-state index in [1.54, 1.807) is 18.3 Å². The second kappa shape index (κ2) is 11.1. The molecule has 196 valence electrons. The Balaban J connectivity index is 1.65. The quantitative estimate of drug-likeness (QED) is 0.492. The summed E-state index contributed by atoms with van der Waals surface area (Å²) < 4.78 is 44.5. The highest BCUT2D eigenvalue weighted by Gasteiger charge is 2.33. The van der Waals surface area contributed by atoms with E-state index in [1.807, 2.05) is 31.0 Å². The van der Waals surface area contributed by atoms with Crippen molar-refractivity contribution in [2.45, 2.75) is 13.1 Å². The number of aryl methyl sites for hydroxylation is 1. The summed E-state index contributed by atoms with van der Waals surface area (Å²) >= 11 is 0. The number of carbonyl (C=O) groups excluding carboxylic acids is 1. The van der Waals surface area contributed by atoms with Gasteiger partial charge in [0.2, 0.25) is 0 Å². The summed E-state index contributed by atoms with van der Waals surface area (Å²) in [7, 11) is 1.87. The molecule has 0 bridgehead atoms. The lowest BCUT2D eigenvalue weighted by molar-refractivity contribution is -0.141. The number of pyridine rings is 2. The van der Waals surface area contributed by atoms with Gasteiger partial charge in [-0.2, -0.15) is 13.2 Å². The van der Waals surface area contributed by atoms with Crippen LogP contribution in [0.15, 0.2) is 48.8 Å². The molecule has 8 nitrogen and oxygen atoms in total. The number of aliphatic hydroxyl groups excluding tert-OH is 1. The molecule has 1 amide bonds. The van der Waals surface area contributed by atoms with Crippen LogP contribution in [0.25, 0.3) is 11.1 Å². The molecule has 1 aliphatic rings. The maximum atomic E-state index is 13.0. The van der Waals surface area contributed by atoms with Gasteiger partial charge in [-0.05, 0) is 48.4 Å². The number of rotatable bonds is 7. The van der Waals surface area contributed by atoms with Crippen LogP contribution in [-0.2, 0) is 10.9 Å². The predicted octanol–water partition coefficient (Wildman–Crippen LogP) is 3.99. The molecule has 0 aliphatic carbocycles. The molecular formula is C26H28F3N5O3. The molecule has 37 heavy (non-hydrogen) atoms. The third-order valence-corrected chi connectivity index (χ3v) is 6.11. The molecule has 0 unspecified atom stereocenters. The van der Waals surface area contributed by atoms with Gasteiger partial charge in [-0.1, -0.05) is 6.07 Å². The first-order valence-electron chi connectivity index (χ1n) is 11.8. The molecular weight excluding hydrogens is 487 g/mol. The Morgan fingerprint density at radius 2 is 1.92 bits per heavy atom. The molecule has 0 spiro atoms. The number of benzene rings is 1. The number of hydrogen-bond acceptors (Lipinski definition) is 7. The first kappa shape index (κ1) is 26.4. The molecule has 1 saturated heterocycles. The third-order valence-electron chi connectivity index (χ3n) is 6.11. The standard InChI is InChI=1S/C26H28F3N5O3/c1-17-3-4-20(32-25(36)18-5-6-30-23(14-18)26(27,28)29)15-21(17)19-13-22(34-8-11-37-12-9-34)24(31-16-19)33(2)7-10-35/h3-6,13-16,35H,7-12H2,1-2H3,(H,32,36). The Kier molecular flexibility index (Phi) is 7.94. The fourth-order valence-electron chi connectivity index (χ4n) is 4.12. The fourth-order valence-corrected chi connectivity index (χ4v) is 4.12. The van der Waals surface area contributed by atoms with E-state index in [0.29, 0.717) is 38.5 Å². The summed E-state index contributed by atoms with van der Waals surface area (Å²) in [5, 5.41) is 12.1. The first-order valence-corrected chi connectivity index (χ1v) is 11.8. The molecule has 1 aromatic carbocycles. The SMILES string of the molecule is Cc1ccc(NC(=O)c2ccnc(C(F)(F)F)c2)cc1-c1cnc(N(C)CCO)c(N2CCOCC2)c1. The van der Waals surface area contributed by atoms with Gasteiger partial charge in [-0.3, -0.25) is 9.78 Å². The Morgan fingerprint density at radius 1 is 1.16 bits per heavy atom. The van der Waals surface area contributed by atoms with E-state index in [2.05, 4.69) is 15.2 Å². The van der Waals surface area contributed by atoms with E-state index in [0.717, 1.165) is 40.5 Å². The Hall–Kier alpha value is -3.70. The first-order chi connectivity index (χ1) is 17.7. The number of morpholine rings is 1. The highest BCUT2D eigenvalue weighted by atomic mass is 19.4. The second-order valence-electron chi connectivity index (χ2n) is 8.72. The zero-order valence-electron chi connectivity index (χ0n) is 20.5. The number of nitrogens with zero attached hydrogens (tertiary/aromatic N) is 4. The van der Waals surface area contributed by atoms with Crippen LogP contribution in [0.4, 0.5) is 30.4 Å². The van der Waals surface area contributed by atoms with Crippen molar-refractivity contribution in [2.24, 2.45) is 0 Å². The summed E-state index contributed by atoms with van der Waals surface area (Å²) in [4.78, 5) is 24.8. The van der Waals surface area contributed by atoms with Gasteiger partial charge >= 0.3 is 6.18 Å². The summed E-state index contributed by atoms with van der Waals surface area (Å²) in [6, 6.07) is 9.29. The van der Waals surface area contributed by atoms with Crippen LogP contribution in [0, 0.1) is 6.92 Å². The van der Waals surface area contributed by atoms with Crippen molar-refractivity contribution < 1.29 is 27.8 Å². The van der Waals surface area contributed by atoms with E-state index >= 15 is 0 Å². The van der Waals surface area contributed by atoms with Gasteiger partial charge < -0.3 is 25.0 Å². The minimum atomic E-state index is -4.64. The van der Waals surface area contributed by atoms with E-state index < -0.39 is 17.8 Å². The molecule has 1 fully saturated rings. The maximum absolute atomic E-state index is 13.0. The molecule has 0 radical (unpaired) electrons. The van der Waals surface area contributed by atoms with E-state index in [9.17, 15) is 23.1 Å². The summed E-state index contributed by atoms with van der Waals surface area (Å²) in [6.45, 7) is 4.94. The number of likely N-dealkylation sites (N-methyl/N-ethyl adjacent to an activating group) is 1. The topological polar surface area (TPSA) is 90.8 Å². The van der Waals surface area contributed by atoms with Gasteiger partial charge in [0.25, 0.3) is 5.91 Å². The molecule has 0 saturated carbocycles. The number of carbonyl (C=O) groups is 1. The van der Waals surface area contributed by atoms with Gasteiger partial charge in [-0.25, -0.2) is 4.98 Å². The lowest BCUT2D eigenvalue weighted by atomic mass is 10.0. The maximum Gasteiger partial charge on any atom is 0.433 e. The van der Waals surface area contributed by atoms with Crippen LogP contribution in [0.2, 0.25) is 0 Å². The van der Waals surface area contributed by atoms with E-state index in [4.69, 9.17) is 9.72 Å². The number of amides is 1. The van der Waals surface area contributed by atoms with Crippen molar-refractivity contribution in [3.05, 3.63) is 65.6 Å². The third kappa shape index (κ3) is 6.17. The highest BCUT2D eigenvalue weighted by molar-refractivity contribution is 6.04. The number of anilines is 3. The van der Waals surface area contributed by atoms with Gasteiger partial charge in [0.05, 0.1) is 25.5 Å². The average Bonchev–Trinajstić information content (AvgIpc) is 2.89. The Bertz CT molecular complexity index is 1260. The van der Waals surface area contributed by atoms with Crippen LogP contribution in [0.1, 0.15) is 21.6 Å². The van der Waals surface area contributed by atoms with Gasteiger partial charge in [0.15, 0.2) is 5.82 Å². The number of alkyl halides is 3. The molecule has 3 aromatic rings. The summed E-state index contributed by atoms with van der Waals surface area (Å²) in [5.41, 5.74) is 2.65. The van der Waals surface area contributed by atoms with E-state index in [-0.39, 0.29) is 12.2 Å². The molecule has 11 heteroatoms. The number of ether oxygens (including phenoxy) is 1. The molecule has 0 atom stereocenters. The minimum absolute atomic E-state index is 0.00866. The normalized spacial score (nSPS) is 13.9. The van der Waals surface area contributed by atoms with Crippen LogP contribution >= 0.6 is 0 Å². The molecule has 2 N–H and O–H groups in total. The van der Waals surface area contributed by atoms with Crippen LogP contribution in [0.3, 0.4) is 0 Å². The van der Waals surface area contributed by atoms with Crippen molar-refractivity contribution in [3.63, 3.8) is 0 Å². The molecule has 2 aromatic heterocycles. The van der Waals surface area contributed by atoms with Gasteiger partial charge in [0.1, 0.15) is 5.69 Å². The largest absolute Gasteiger partial charge is 0.433 e. The average molecular weight is 516 g/mol. The summed E-state index contributed by atoms with van der Waals surface area (Å²) in [6.07, 6.45) is -1.94. The Morgan fingerprint density at radius 3 is 2.62 bits per heavy atom. The zero-order valence-corrected chi connectivity index (χ0v) is 20.5. The Labute approximate surface area is 212 Å². The number of aromatic nitrogens is 2. The zero-order chi connectivity index (χ0) is 26.6. The predicted molar refractivity (Wildman–Crippen MR) is 135 cm³/mol. The number of nitrogens with one attached hydrogen (secondary N) is 1. The lowest BCUT2D eigenvalue weighted by Crippen LogP contribution is -2.37. The van der Waals surface area contributed by atoms with Gasteiger partial charge in [-0.15, -0.1) is 0 Å². The van der Waals surface area contributed by atoms with Crippen LogP contribution < -0.4 is 15.1 Å². The van der Waals surface area contributed by atoms with Gasteiger partial charge in [0, 0.05) is 55.9 Å². The molecule has 1 aliphatic heterocycles. The van der Waals surface area contributed by atoms with Crippen molar-refractivity contribution in [2.75, 3.05) is 61.6 Å². The minimum Gasteiger partial charge on any atom is -0.395 e. The fraction of sp³-hybridized carbons (Fsp3) is 0.346. The van der Waals surface area contributed by atoms with Crippen molar-refractivity contribution in [3.8, 4) is 11.1 Å². The molecule has 3 heterocycles. The molecule has 4 rings (SSSR count). The van der Waals surface area contributed by atoms with Crippen LogP contribution in [-0.4, -0.2) is 67.5 Å². The van der Waals surface area contributed by atoms with E-state index in [1.165, 1.54) is 6.07 Å². The number of halogens is 3. The highest BCUT2D eigenvalue weighted by Crippen LogP contribution is 2.34. The smallest absolute Gasteiger partial charge is 0.395 e. The van der Waals surface area contributed by atoms with Crippen molar-refractivity contribution in [1.82, 2.24) is 9.97 Å². The monoisotopic (exact) mass is 515 g/mol.